The van der Waals surface area contributed by atoms with Crippen LogP contribution in [0.1, 0.15) is 64.4 Å². The SMILES string of the molecule is C=CC(CCCCCCCC)C(C)(C=C)c1ccccc1. The molecule has 2 unspecified atom stereocenters. The van der Waals surface area contributed by atoms with Gasteiger partial charge in [-0.05, 0) is 17.9 Å². The summed E-state index contributed by atoms with van der Waals surface area (Å²) in [5, 5.41) is 0. The molecule has 0 spiro atoms. The van der Waals surface area contributed by atoms with Crippen LogP contribution in [-0.4, -0.2) is 0 Å². The molecule has 0 saturated heterocycles. The maximum absolute atomic E-state index is 4.10. The first-order chi connectivity index (χ1) is 10.2. The fourth-order valence-corrected chi connectivity index (χ4v) is 3.09. The third-order valence-electron chi connectivity index (χ3n) is 4.74. The second-order valence-electron chi connectivity index (χ2n) is 6.25. The second kappa shape index (κ2) is 9.60. The van der Waals surface area contributed by atoms with Crippen LogP contribution < -0.4 is 0 Å². The van der Waals surface area contributed by atoms with Gasteiger partial charge in [-0.3, -0.25) is 0 Å². The van der Waals surface area contributed by atoms with E-state index in [1.165, 1.54) is 50.5 Å². The molecule has 0 heteroatoms. The lowest BCUT2D eigenvalue weighted by Gasteiger charge is -2.34. The lowest BCUT2D eigenvalue weighted by atomic mass is 9.70. The van der Waals surface area contributed by atoms with Crippen LogP contribution >= 0.6 is 0 Å². The van der Waals surface area contributed by atoms with E-state index in [0.717, 1.165) is 0 Å². The summed E-state index contributed by atoms with van der Waals surface area (Å²) in [6, 6.07) is 10.7. The van der Waals surface area contributed by atoms with E-state index in [9.17, 15) is 0 Å². The summed E-state index contributed by atoms with van der Waals surface area (Å²) in [6.07, 6.45) is 13.5. The minimum atomic E-state index is -0.00751. The van der Waals surface area contributed by atoms with E-state index in [0.29, 0.717) is 5.92 Å². The third-order valence-corrected chi connectivity index (χ3v) is 4.74. The highest BCUT2D eigenvalue weighted by atomic mass is 14.3. The Morgan fingerprint density at radius 3 is 2.19 bits per heavy atom. The molecule has 0 radical (unpaired) electrons. The largest absolute Gasteiger partial charge is 0.103 e. The molecule has 1 aromatic rings. The van der Waals surface area contributed by atoms with E-state index in [-0.39, 0.29) is 5.41 Å². The Morgan fingerprint density at radius 1 is 1.00 bits per heavy atom. The van der Waals surface area contributed by atoms with Gasteiger partial charge < -0.3 is 0 Å². The van der Waals surface area contributed by atoms with Gasteiger partial charge in [0.05, 0.1) is 0 Å². The summed E-state index contributed by atoms with van der Waals surface area (Å²) >= 11 is 0. The first-order valence-electron chi connectivity index (χ1n) is 8.50. The van der Waals surface area contributed by atoms with Gasteiger partial charge in [-0.25, -0.2) is 0 Å². The van der Waals surface area contributed by atoms with Crippen LogP contribution in [0.25, 0.3) is 0 Å². The highest BCUT2D eigenvalue weighted by Crippen LogP contribution is 2.37. The van der Waals surface area contributed by atoms with Crippen LogP contribution in [0.2, 0.25) is 0 Å². The van der Waals surface area contributed by atoms with Crippen LogP contribution in [0.15, 0.2) is 55.6 Å². The zero-order valence-electron chi connectivity index (χ0n) is 14.0. The average Bonchev–Trinajstić information content (AvgIpc) is 2.54. The maximum Gasteiger partial charge on any atom is 0.0164 e. The fraction of sp³-hybridized carbons (Fsp3) is 0.524. The number of rotatable bonds is 11. The molecule has 116 valence electrons. The van der Waals surface area contributed by atoms with Crippen molar-refractivity contribution >= 4 is 0 Å². The minimum absolute atomic E-state index is 0.00751. The Hall–Kier alpha value is -1.30. The van der Waals surface area contributed by atoms with E-state index in [1.807, 2.05) is 0 Å². The van der Waals surface area contributed by atoms with Gasteiger partial charge in [0.1, 0.15) is 0 Å². The predicted octanol–water partition coefficient (Wildman–Crippen LogP) is 6.68. The first-order valence-corrected chi connectivity index (χ1v) is 8.50. The predicted molar refractivity (Wildman–Crippen MR) is 95.7 cm³/mol. The lowest BCUT2D eigenvalue weighted by molar-refractivity contribution is 0.387. The normalized spacial score (nSPS) is 15.1. The zero-order chi connectivity index (χ0) is 15.6. The van der Waals surface area contributed by atoms with Gasteiger partial charge in [0, 0.05) is 5.41 Å². The highest BCUT2D eigenvalue weighted by molar-refractivity contribution is 5.31. The quantitative estimate of drug-likeness (QED) is 0.314. The molecule has 21 heavy (non-hydrogen) atoms. The number of allylic oxidation sites excluding steroid dienone is 2. The molecule has 0 saturated carbocycles. The molecule has 2 atom stereocenters. The number of hydrogen-bond donors (Lipinski definition) is 0. The van der Waals surface area contributed by atoms with Crippen molar-refractivity contribution in [2.24, 2.45) is 5.92 Å². The number of benzene rings is 1. The van der Waals surface area contributed by atoms with Crippen LogP contribution in [0, 0.1) is 5.92 Å². The minimum Gasteiger partial charge on any atom is -0.103 e. The monoisotopic (exact) mass is 284 g/mol. The summed E-state index contributed by atoms with van der Waals surface area (Å²) in [5.41, 5.74) is 1.34. The van der Waals surface area contributed by atoms with Crippen LogP contribution in [0.4, 0.5) is 0 Å². The molecular formula is C21H32. The summed E-state index contributed by atoms with van der Waals surface area (Å²) in [7, 11) is 0. The summed E-state index contributed by atoms with van der Waals surface area (Å²) in [6.45, 7) is 12.7. The standard InChI is InChI=1S/C21H32/c1-5-8-9-10-11-13-16-19(6-2)21(4,7-3)20-17-14-12-15-18-20/h6-7,12,14-15,17-19H,2-3,5,8-11,13,16H2,1,4H3. The van der Waals surface area contributed by atoms with Gasteiger partial charge >= 0.3 is 0 Å². The Balaban J connectivity index is 2.60. The average molecular weight is 284 g/mol. The van der Waals surface area contributed by atoms with Crippen molar-refractivity contribution in [3.63, 3.8) is 0 Å². The molecule has 1 rings (SSSR count). The second-order valence-corrected chi connectivity index (χ2v) is 6.25. The zero-order valence-corrected chi connectivity index (χ0v) is 14.0. The molecule has 0 aliphatic heterocycles. The molecule has 0 amide bonds. The summed E-state index contributed by atoms with van der Waals surface area (Å²) in [4.78, 5) is 0. The summed E-state index contributed by atoms with van der Waals surface area (Å²) in [5.74, 6) is 0.462. The van der Waals surface area contributed by atoms with Gasteiger partial charge in [0.2, 0.25) is 0 Å². The molecule has 0 aromatic heterocycles. The fourth-order valence-electron chi connectivity index (χ4n) is 3.09. The van der Waals surface area contributed by atoms with Crippen molar-refractivity contribution in [3.8, 4) is 0 Å². The molecule has 1 aromatic carbocycles. The van der Waals surface area contributed by atoms with E-state index < -0.39 is 0 Å². The van der Waals surface area contributed by atoms with Crippen LogP contribution in [0.3, 0.4) is 0 Å². The van der Waals surface area contributed by atoms with Crippen molar-refractivity contribution < 1.29 is 0 Å². The van der Waals surface area contributed by atoms with Gasteiger partial charge in [0.15, 0.2) is 0 Å². The van der Waals surface area contributed by atoms with E-state index in [4.69, 9.17) is 0 Å². The molecule has 0 nitrogen and oxygen atoms in total. The number of hydrogen-bond acceptors (Lipinski definition) is 0. The van der Waals surface area contributed by atoms with Gasteiger partial charge in [-0.1, -0.05) is 94.9 Å². The smallest absolute Gasteiger partial charge is 0.0164 e. The molecule has 0 aliphatic carbocycles. The molecule has 0 heterocycles. The Morgan fingerprint density at radius 2 is 1.62 bits per heavy atom. The highest BCUT2D eigenvalue weighted by Gasteiger charge is 2.30. The van der Waals surface area contributed by atoms with E-state index >= 15 is 0 Å². The van der Waals surface area contributed by atoms with E-state index in [2.05, 4.69) is 69.5 Å². The van der Waals surface area contributed by atoms with Crippen molar-refractivity contribution in [1.29, 1.82) is 0 Å². The lowest BCUT2D eigenvalue weighted by Crippen LogP contribution is -2.28. The molecule has 0 bridgehead atoms. The van der Waals surface area contributed by atoms with E-state index in [1.54, 1.807) is 0 Å². The van der Waals surface area contributed by atoms with Crippen molar-refractivity contribution in [2.75, 3.05) is 0 Å². The van der Waals surface area contributed by atoms with Crippen molar-refractivity contribution in [2.45, 2.75) is 64.2 Å². The molecular weight excluding hydrogens is 252 g/mol. The Bertz CT molecular complexity index is 403. The third kappa shape index (κ3) is 5.19. The topological polar surface area (TPSA) is 0 Å². The van der Waals surface area contributed by atoms with Gasteiger partial charge in [-0.2, -0.15) is 0 Å². The van der Waals surface area contributed by atoms with Crippen molar-refractivity contribution in [3.05, 3.63) is 61.2 Å². The van der Waals surface area contributed by atoms with Crippen LogP contribution in [-0.2, 0) is 5.41 Å². The van der Waals surface area contributed by atoms with Gasteiger partial charge in [0.25, 0.3) is 0 Å². The molecule has 0 aliphatic rings. The first kappa shape index (κ1) is 17.8. The Labute approximate surface area is 132 Å². The molecule has 0 fully saturated rings. The Kier molecular flexibility index (Phi) is 8.12. The maximum atomic E-state index is 4.10. The number of unbranched alkanes of at least 4 members (excludes halogenated alkanes) is 5. The van der Waals surface area contributed by atoms with Crippen molar-refractivity contribution in [1.82, 2.24) is 0 Å². The van der Waals surface area contributed by atoms with Gasteiger partial charge in [-0.15, -0.1) is 13.2 Å². The molecule has 0 N–H and O–H groups in total. The van der Waals surface area contributed by atoms with Crippen LogP contribution in [0.5, 0.6) is 0 Å². The summed E-state index contributed by atoms with van der Waals surface area (Å²) < 4.78 is 0.